The second-order valence-electron chi connectivity index (χ2n) is 4.03. The van der Waals surface area contributed by atoms with Crippen molar-refractivity contribution in [1.29, 1.82) is 0 Å². The molecule has 4 heteroatoms. The van der Waals surface area contributed by atoms with Crippen molar-refractivity contribution in [3.63, 3.8) is 0 Å². The number of hydrogen-bond donors (Lipinski definition) is 1. The molecule has 0 heterocycles. The number of ether oxygens (including phenoxy) is 1. The summed E-state index contributed by atoms with van der Waals surface area (Å²) in [5, 5.41) is 0.285. The van der Waals surface area contributed by atoms with Crippen molar-refractivity contribution in [3.05, 3.63) is 28.0 Å². The molecule has 0 unspecified atom stereocenters. The minimum atomic E-state index is -0.443. The third kappa shape index (κ3) is 1.60. The Morgan fingerprint density at radius 2 is 2.13 bits per heavy atom. The van der Waals surface area contributed by atoms with Crippen molar-refractivity contribution in [2.75, 3.05) is 7.11 Å². The van der Waals surface area contributed by atoms with Gasteiger partial charge in [0.2, 0.25) is 0 Å². The van der Waals surface area contributed by atoms with Gasteiger partial charge in [0.05, 0.1) is 12.1 Å². The molecule has 2 N–H and O–H groups in total. The van der Waals surface area contributed by atoms with Crippen molar-refractivity contribution < 1.29 is 9.13 Å². The van der Waals surface area contributed by atoms with Gasteiger partial charge in [-0.3, -0.25) is 0 Å². The molecule has 2 rings (SSSR count). The van der Waals surface area contributed by atoms with Crippen LogP contribution in [0.2, 0.25) is 5.02 Å². The van der Waals surface area contributed by atoms with Crippen molar-refractivity contribution in [3.8, 4) is 5.75 Å². The van der Waals surface area contributed by atoms with Crippen molar-refractivity contribution >= 4 is 11.6 Å². The Balaban J connectivity index is 2.68. The first kappa shape index (κ1) is 10.7. The summed E-state index contributed by atoms with van der Waals surface area (Å²) in [6, 6.07) is 1.27. The number of hydrogen-bond acceptors (Lipinski definition) is 2. The van der Waals surface area contributed by atoms with E-state index in [1.165, 1.54) is 13.2 Å². The zero-order chi connectivity index (χ0) is 11.2. The molecule has 82 valence electrons. The van der Waals surface area contributed by atoms with E-state index in [1.54, 1.807) is 6.92 Å². The van der Waals surface area contributed by atoms with Gasteiger partial charge in [-0.25, -0.2) is 4.39 Å². The number of nitrogens with two attached hydrogens (primary N) is 1. The molecule has 0 aliphatic heterocycles. The van der Waals surface area contributed by atoms with E-state index in [9.17, 15) is 4.39 Å². The summed E-state index contributed by atoms with van der Waals surface area (Å²) >= 11 is 5.92. The Morgan fingerprint density at radius 1 is 1.53 bits per heavy atom. The van der Waals surface area contributed by atoms with Gasteiger partial charge in [0.15, 0.2) is 0 Å². The second-order valence-corrected chi connectivity index (χ2v) is 4.44. The highest BCUT2D eigenvalue weighted by atomic mass is 35.5. The first-order valence-corrected chi connectivity index (χ1v) is 5.19. The maximum atomic E-state index is 13.5. The van der Waals surface area contributed by atoms with Crippen LogP contribution in [0, 0.1) is 12.7 Å². The van der Waals surface area contributed by atoms with Crippen molar-refractivity contribution in [1.82, 2.24) is 0 Å². The Morgan fingerprint density at radius 3 is 2.60 bits per heavy atom. The van der Waals surface area contributed by atoms with Gasteiger partial charge in [-0.2, -0.15) is 0 Å². The molecule has 1 aliphatic carbocycles. The van der Waals surface area contributed by atoms with Gasteiger partial charge >= 0.3 is 0 Å². The highest BCUT2D eigenvalue weighted by molar-refractivity contribution is 6.32. The van der Waals surface area contributed by atoms with Crippen LogP contribution >= 0.6 is 11.6 Å². The van der Waals surface area contributed by atoms with Gasteiger partial charge in [-0.1, -0.05) is 11.6 Å². The quantitative estimate of drug-likeness (QED) is 0.847. The Hall–Kier alpha value is -0.800. The van der Waals surface area contributed by atoms with Gasteiger partial charge in [0.1, 0.15) is 11.6 Å². The Kier molecular flexibility index (Phi) is 2.40. The monoisotopic (exact) mass is 229 g/mol. The van der Waals surface area contributed by atoms with Crippen LogP contribution < -0.4 is 10.5 Å². The molecule has 0 spiro atoms. The highest BCUT2D eigenvalue weighted by Crippen LogP contribution is 2.50. The summed E-state index contributed by atoms with van der Waals surface area (Å²) in [7, 11) is 1.52. The van der Waals surface area contributed by atoms with E-state index in [1.807, 2.05) is 0 Å². The van der Waals surface area contributed by atoms with Crippen molar-refractivity contribution in [2.45, 2.75) is 25.3 Å². The molecule has 1 aliphatic rings. The molecule has 1 saturated carbocycles. The lowest BCUT2D eigenvalue weighted by Gasteiger charge is -2.18. The first-order valence-electron chi connectivity index (χ1n) is 4.81. The van der Waals surface area contributed by atoms with Crippen LogP contribution in [0.1, 0.15) is 24.0 Å². The average molecular weight is 230 g/mol. The van der Waals surface area contributed by atoms with Gasteiger partial charge in [0, 0.05) is 11.1 Å². The lowest BCUT2D eigenvalue weighted by molar-refractivity contribution is 0.402. The molecule has 0 aromatic heterocycles. The van der Waals surface area contributed by atoms with Gasteiger partial charge in [-0.05, 0) is 31.4 Å². The molecular weight excluding hydrogens is 217 g/mol. The summed E-state index contributed by atoms with van der Waals surface area (Å²) < 4.78 is 18.7. The Labute approximate surface area is 93.2 Å². The summed E-state index contributed by atoms with van der Waals surface area (Å²) in [6.07, 6.45) is 1.70. The van der Waals surface area contributed by atoms with Gasteiger partial charge in [-0.15, -0.1) is 0 Å². The largest absolute Gasteiger partial charge is 0.495 e. The smallest absolute Gasteiger partial charge is 0.142 e. The fraction of sp³-hybridized carbons (Fsp3) is 0.455. The highest BCUT2D eigenvalue weighted by Gasteiger charge is 2.44. The fourth-order valence-corrected chi connectivity index (χ4v) is 2.15. The minimum absolute atomic E-state index is 0.285. The van der Waals surface area contributed by atoms with E-state index in [4.69, 9.17) is 22.1 Å². The Bertz CT molecular complexity index is 416. The maximum Gasteiger partial charge on any atom is 0.142 e. The fourth-order valence-electron chi connectivity index (χ4n) is 1.88. The van der Waals surface area contributed by atoms with Crippen LogP contribution in [-0.2, 0) is 5.54 Å². The standard InChI is InChI=1S/C11H13ClFNO/c1-6-8(13)5-7(12)10(15-2)9(6)11(14)3-4-11/h5H,3-4,14H2,1-2H3. The number of rotatable bonds is 2. The zero-order valence-electron chi connectivity index (χ0n) is 8.73. The van der Waals surface area contributed by atoms with Gasteiger partial charge < -0.3 is 10.5 Å². The molecule has 0 radical (unpaired) electrons. The predicted molar refractivity (Wildman–Crippen MR) is 57.8 cm³/mol. The predicted octanol–water partition coefficient (Wildman–Crippen LogP) is 2.74. The summed E-state index contributed by atoms with van der Waals surface area (Å²) in [5.41, 5.74) is 6.89. The maximum absolute atomic E-state index is 13.5. The molecule has 15 heavy (non-hydrogen) atoms. The molecule has 0 atom stereocenters. The SMILES string of the molecule is COc1c(Cl)cc(F)c(C)c1C1(N)CC1. The molecule has 0 bridgehead atoms. The molecule has 1 aromatic carbocycles. The first-order chi connectivity index (χ1) is 6.99. The van der Waals surface area contributed by atoms with Crippen LogP contribution in [0.4, 0.5) is 4.39 Å². The normalized spacial score (nSPS) is 17.7. The minimum Gasteiger partial charge on any atom is -0.495 e. The summed E-state index contributed by atoms with van der Waals surface area (Å²) in [5.74, 6) is 0.183. The van der Waals surface area contributed by atoms with Crippen molar-refractivity contribution in [2.24, 2.45) is 5.73 Å². The van der Waals surface area contributed by atoms with Crippen LogP contribution in [-0.4, -0.2) is 7.11 Å². The zero-order valence-corrected chi connectivity index (χ0v) is 9.49. The second kappa shape index (κ2) is 3.35. The summed E-state index contributed by atoms with van der Waals surface area (Å²) in [6.45, 7) is 1.70. The van der Waals surface area contributed by atoms with Gasteiger partial charge in [0.25, 0.3) is 0 Å². The summed E-state index contributed by atoms with van der Waals surface area (Å²) in [4.78, 5) is 0. The van der Waals surface area contributed by atoms with E-state index < -0.39 is 5.54 Å². The number of halogens is 2. The van der Waals surface area contributed by atoms with E-state index in [-0.39, 0.29) is 10.8 Å². The topological polar surface area (TPSA) is 35.2 Å². The molecule has 0 amide bonds. The van der Waals surface area contributed by atoms with Crippen LogP contribution in [0.3, 0.4) is 0 Å². The van der Waals surface area contributed by atoms with Crippen LogP contribution in [0.5, 0.6) is 5.75 Å². The number of benzene rings is 1. The van der Waals surface area contributed by atoms with E-state index in [0.717, 1.165) is 18.4 Å². The molecule has 1 aromatic rings. The van der Waals surface area contributed by atoms with E-state index in [0.29, 0.717) is 11.3 Å². The molecule has 0 saturated heterocycles. The molecule has 1 fully saturated rings. The lowest BCUT2D eigenvalue weighted by Crippen LogP contribution is -2.22. The third-order valence-corrected chi connectivity index (χ3v) is 3.20. The number of methoxy groups -OCH3 is 1. The molecular formula is C11H13ClFNO. The van der Waals surface area contributed by atoms with Crippen LogP contribution in [0.15, 0.2) is 6.07 Å². The lowest BCUT2D eigenvalue weighted by atomic mass is 9.98. The van der Waals surface area contributed by atoms with Crippen LogP contribution in [0.25, 0.3) is 0 Å². The van der Waals surface area contributed by atoms with E-state index >= 15 is 0 Å². The third-order valence-electron chi connectivity index (χ3n) is 2.92. The molecule has 2 nitrogen and oxygen atoms in total. The average Bonchev–Trinajstić information content (AvgIpc) is 2.90. The van der Waals surface area contributed by atoms with E-state index in [2.05, 4.69) is 0 Å².